The van der Waals surface area contributed by atoms with Crippen molar-refractivity contribution in [1.29, 1.82) is 0 Å². The maximum Gasteiger partial charge on any atom is 0.326 e. The second-order valence-corrected chi connectivity index (χ2v) is 9.07. The molecule has 34 heavy (non-hydrogen) atoms. The Labute approximate surface area is 194 Å². The van der Waals surface area contributed by atoms with E-state index in [0.717, 1.165) is 52.8 Å². The van der Waals surface area contributed by atoms with Crippen molar-refractivity contribution in [2.45, 2.75) is 19.1 Å². The van der Waals surface area contributed by atoms with Gasteiger partial charge < -0.3 is 14.6 Å². The van der Waals surface area contributed by atoms with Gasteiger partial charge in [0.15, 0.2) is 0 Å². The van der Waals surface area contributed by atoms with Gasteiger partial charge in [0.05, 0.1) is 17.1 Å². The molecule has 172 valence electrons. The average molecular weight is 459 g/mol. The van der Waals surface area contributed by atoms with Crippen LogP contribution in [0.3, 0.4) is 0 Å². The molecule has 0 unspecified atom stereocenters. The smallest absolute Gasteiger partial charge is 0.326 e. The lowest BCUT2D eigenvalue weighted by molar-refractivity contribution is 0.305. The van der Waals surface area contributed by atoms with Crippen molar-refractivity contribution in [1.82, 2.24) is 14.5 Å². The van der Waals surface area contributed by atoms with Gasteiger partial charge in [-0.1, -0.05) is 12.1 Å². The topological polar surface area (TPSA) is 50.3 Å². The molecule has 4 aromatic rings. The zero-order valence-electron chi connectivity index (χ0n) is 18.6. The van der Waals surface area contributed by atoms with E-state index >= 15 is 0 Å². The number of likely N-dealkylation sites (N-methyl/N-ethyl adjacent to an activating group) is 1. The molecule has 0 bridgehead atoms. The highest BCUT2D eigenvalue weighted by molar-refractivity contribution is 5.95. The largest absolute Gasteiger partial charge is 0.488 e. The Morgan fingerprint density at radius 3 is 2.62 bits per heavy atom. The molecule has 7 heteroatoms. The van der Waals surface area contributed by atoms with Crippen molar-refractivity contribution in [3.8, 4) is 5.75 Å². The van der Waals surface area contributed by atoms with Crippen LogP contribution < -0.4 is 10.4 Å². The fourth-order valence-electron chi connectivity index (χ4n) is 5.13. The minimum atomic E-state index is -0.395. The third kappa shape index (κ3) is 3.53. The van der Waals surface area contributed by atoms with Crippen LogP contribution in [0.15, 0.2) is 59.4 Å². The molecule has 2 aliphatic rings. The Bertz CT molecular complexity index is 1460. The first-order valence-corrected chi connectivity index (χ1v) is 11.3. The first-order chi connectivity index (χ1) is 16.5. The third-order valence-corrected chi connectivity index (χ3v) is 6.76. The summed E-state index contributed by atoms with van der Waals surface area (Å²) in [5.41, 5.74) is 5.45. The molecule has 0 saturated carbocycles. The maximum atomic E-state index is 14.0. The summed E-state index contributed by atoms with van der Waals surface area (Å²) < 4.78 is 35.6. The Morgan fingerprint density at radius 2 is 1.82 bits per heavy atom. The number of fused-ring (bicyclic) bond motifs is 3. The number of likely N-dealkylation sites (tertiary alicyclic amines) is 1. The lowest BCUT2D eigenvalue weighted by atomic mass is 9.92. The van der Waals surface area contributed by atoms with Gasteiger partial charge in [0, 0.05) is 23.7 Å². The van der Waals surface area contributed by atoms with E-state index in [1.807, 2.05) is 28.8 Å². The van der Waals surface area contributed by atoms with Crippen LogP contribution in [0.4, 0.5) is 8.78 Å². The number of halogens is 2. The van der Waals surface area contributed by atoms with E-state index in [1.165, 1.54) is 24.3 Å². The molecule has 0 amide bonds. The second-order valence-electron chi connectivity index (χ2n) is 9.07. The molecule has 1 fully saturated rings. The van der Waals surface area contributed by atoms with Gasteiger partial charge in [-0.15, -0.1) is 0 Å². The molecule has 0 radical (unpaired) electrons. The summed E-state index contributed by atoms with van der Waals surface area (Å²) in [7, 11) is 2.06. The number of nitrogens with zero attached hydrogens (tertiary/aromatic N) is 2. The molecule has 1 atom stereocenters. The van der Waals surface area contributed by atoms with Gasteiger partial charge in [-0.05, 0) is 79.2 Å². The highest BCUT2D eigenvalue weighted by Gasteiger charge is 2.25. The molecule has 1 aromatic heterocycles. The molecule has 6 rings (SSSR count). The molecular weight excluding hydrogens is 436 g/mol. The van der Waals surface area contributed by atoms with Crippen LogP contribution in [0, 0.1) is 11.6 Å². The lowest BCUT2D eigenvalue weighted by Gasteiger charge is -2.13. The number of aromatic nitrogens is 2. The molecule has 3 heterocycles. The minimum absolute atomic E-state index is 0.107. The van der Waals surface area contributed by atoms with Gasteiger partial charge in [-0.3, -0.25) is 4.57 Å². The molecule has 1 N–H and O–H groups in total. The van der Waals surface area contributed by atoms with Crippen LogP contribution in [0.5, 0.6) is 5.75 Å². The predicted molar refractivity (Wildman–Crippen MR) is 128 cm³/mol. The highest BCUT2D eigenvalue weighted by Crippen LogP contribution is 2.38. The zero-order valence-corrected chi connectivity index (χ0v) is 18.6. The predicted octanol–water partition coefficient (Wildman–Crippen LogP) is 4.97. The van der Waals surface area contributed by atoms with Crippen LogP contribution in [0.25, 0.3) is 22.7 Å². The Balaban J connectivity index is 1.50. The Hall–Kier alpha value is -3.71. The molecule has 0 spiro atoms. The normalized spacial score (nSPS) is 19.1. The number of hydrogen-bond acceptors (Lipinski definition) is 3. The highest BCUT2D eigenvalue weighted by atomic mass is 19.1. The van der Waals surface area contributed by atoms with E-state index < -0.39 is 5.82 Å². The first kappa shape index (κ1) is 20.9. The van der Waals surface area contributed by atoms with Crippen LogP contribution >= 0.6 is 0 Å². The van der Waals surface area contributed by atoms with Gasteiger partial charge in [0.2, 0.25) is 0 Å². The van der Waals surface area contributed by atoms with E-state index in [0.29, 0.717) is 11.3 Å². The Morgan fingerprint density at radius 1 is 1.03 bits per heavy atom. The summed E-state index contributed by atoms with van der Waals surface area (Å²) in [4.78, 5) is 18.0. The molecular formula is C27H23F2N3O2. The van der Waals surface area contributed by atoms with E-state index in [1.54, 1.807) is 12.1 Å². The summed E-state index contributed by atoms with van der Waals surface area (Å²) in [6, 6.07) is 15.0. The number of H-pyrrole nitrogens is 1. The minimum Gasteiger partial charge on any atom is -0.488 e. The maximum absolute atomic E-state index is 14.0. The standard InChI is InChI=1S/C27H23F2N3O2/c1-31-9-8-20(14-31)32-25-7-2-16(11-24(25)30-27(32)33)10-23-21-5-3-18(28)12-17(21)15-34-26-13-19(29)4-6-22(23)26/h2-7,10-13,20H,8-9,14-15H2,1H3,(H,30,33)/t20-/m0/s1. The van der Waals surface area contributed by atoms with Crippen molar-refractivity contribution in [2.75, 3.05) is 20.1 Å². The molecule has 1 saturated heterocycles. The number of ether oxygens (including phenoxy) is 1. The summed E-state index contributed by atoms with van der Waals surface area (Å²) in [5, 5.41) is 0. The van der Waals surface area contributed by atoms with E-state index in [4.69, 9.17) is 4.74 Å². The molecule has 2 aliphatic heterocycles. The van der Waals surface area contributed by atoms with Crippen LogP contribution in [0.1, 0.15) is 34.7 Å². The van der Waals surface area contributed by atoms with Crippen molar-refractivity contribution in [2.24, 2.45) is 0 Å². The summed E-state index contributed by atoms with van der Waals surface area (Å²) in [5.74, 6) is -0.335. The Kier molecular flexibility index (Phi) is 4.88. The fraction of sp³-hybridized carbons (Fsp3) is 0.222. The van der Waals surface area contributed by atoms with E-state index in [2.05, 4.69) is 16.9 Å². The number of imidazole rings is 1. The van der Waals surface area contributed by atoms with Crippen LogP contribution in [0.2, 0.25) is 0 Å². The van der Waals surface area contributed by atoms with Crippen molar-refractivity contribution >= 4 is 22.7 Å². The molecule has 0 aliphatic carbocycles. The number of rotatable bonds is 2. The van der Waals surface area contributed by atoms with Gasteiger partial charge in [-0.25, -0.2) is 13.6 Å². The van der Waals surface area contributed by atoms with E-state index in [-0.39, 0.29) is 24.2 Å². The van der Waals surface area contributed by atoms with Crippen molar-refractivity contribution in [3.05, 3.63) is 99.0 Å². The van der Waals surface area contributed by atoms with Crippen molar-refractivity contribution < 1.29 is 13.5 Å². The number of aromatic amines is 1. The summed E-state index contributed by atoms with van der Waals surface area (Å²) in [6.45, 7) is 1.96. The average Bonchev–Trinajstić information content (AvgIpc) is 3.33. The SMILES string of the molecule is CN1CC[C@H](n2c(=O)[nH]c3cc(C=C4c5ccc(F)cc5COc5cc(F)ccc54)ccc32)C1. The third-order valence-electron chi connectivity index (χ3n) is 6.76. The van der Waals surface area contributed by atoms with Gasteiger partial charge >= 0.3 is 5.69 Å². The first-order valence-electron chi connectivity index (χ1n) is 11.3. The molecule has 3 aromatic carbocycles. The van der Waals surface area contributed by atoms with Crippen LogP contribution in [-0.4, -0.2) is 34.6 Å². The van der Waals surface area contributed by atoms with Crippen molar-refractivity contribution in [3.63, 3.8) is 0 Å². The fourth-order valence-corrected chi connectivity index (χ4v) is 5.13. The number of benzene rings is 3. The second kappa shape index (κ2) is 7.95. The van der Waals surface area contributed by atoms with Gasteiger partial charge in [0.25, 0.3) is 0 Å². The lowest BCUT2D eigenvalue weighted by Crippen LogP contribution is -2.24. The molecule has 5 nitrogen and oxygen atoms in total. The monoisotopic (exact) mass is 459 g/mol. The van der Waals surface area contributed by atoms with Crippen LogP contribution in [-0.2, 0) is 6.61 Å². The summed E-state index contributed by atoms with van der Waals surface area (Å²) >= 11 is 0. The van der Waals surface area contributed by atoms with Gasteiger partial charge in [0.1, 0.15) is 24.0 Å². The zero-order chi connectivity index (χ0) is 23.4. The number of nitrogens with one attached hydrogen (secondary N) is 1. The summed E-state index contributed by atoms with van der Waals surface area (Å²) in [6.07, 6.45) is 2.91. The van der Waals surface area contributed by atoms with E-state index in [9.17, 15) is 13.6 Å². The number of hydrogen-bond donors (Lipinski definition) is 1. The van der Waals surface area contributed by atoms with Gasteiger partial charge in [-0.2, -0.15) is 0 Å². The quantitative estimate of drug-likeness (QED) is 0.461.